The summed E-state index contributed by atoms with van der Waals surface area (Å²) in [4.78, 5) is 25.2. The van der Waals surface area contributed by atoms with Gasteiger partial charge in [-0.05, 0) is 45.5 Å². The summed E-state index contributed by atoms with van der Waals surface area (Å²) in [6.07, 6.45) is 0.669. The molecule has 5 atom stereocenters. The fourth-order valence-corrected chi connectivity index (χ4v) is 7.35. The fraction of sp³-hybridized carbons (Fsp3) is 0.262. The van der Waals surface area contributed by atoms with Gasteiger partial charge in [-0.1, -0.05) is 116 Å². The second-order valence-electron chi connectivity index (χ2n) is 12.9. The number of aliphatic hydroxyl groups is 1. The molecule has 0 aliphatic carbocycles. The molecule has 11 heteroatoms. The number of esters is 1. The quantitative estimate of drug-likeness (QED) is 0.0531. The molecule has 1 aliphatic heterocycles. The first-order valence-electron chi connectivity index (χ1n) is 17.5. The van der Waals surface area contributed by atoms with Crippen molar-refractivity contribution in [3.63, 3.8) is 0 Å². The lowest BCUT2D eigenvalue weighted by Gasteiger charge is -2.41. The van der Waals surface area contributed by atoms with Crippen molar-refractivity contribution in [1.29, 1.82) is 0 Å². The topological polar surface area (TPSA) is 133 Å². The SMILES string of the molecule is COC(=O)[C@H](Cc1ccccc1)NC(=O)NCc1cccc(-c2ccc([C@@H]3O[C@H](CSc4cccc[n+]4[O-])[C@H](C)[C@H](c4ccc(CO)cc4)O3)cc2)c1. The number of hydrogen-bond donors (Lipinski definition) is 3. The van der Waals surface area contributed by atoms with Gasteiger partial charge >= 0.3 is 12.0 Å². The molecule has 1 saturated heterocycles. The Bertz CT molecular complexity index is 1960. The van der Waals surface area contributed by atoms with Gasteiger partial charge in [0.15, 0.2) is 12.5 Å². The molecule has 0 saturated carbocycles. The molecule has 0 unspecified atom stereocenters. The second-order valence-corrected chi connectivity index (χ2v) is 14.0. The predicted octanol–water partition coefficient (Wildman–Crippen LogP) is 6.65. The number of urea groups is 1. The van der Waals surface area contributed by atoms with E-state index in [0.717, 1.165) is 43.7 Å². The minimum absolute atomic E-state index is 0.0181. The number of amides is 2. The molecule has 1 aliphatic rings. The maximum absolute atomic E-state index is 12.8. The van der Waals surface area contributed by atoms with E-state index < -0.39 is 24.3 Å². The van der Waals surface area contributed by atoms with E-state index in [2.05, 4.69) is 17.6 Å². The molecule has 2 amide bonds. The van der Waals surface area contributed by atoms with Crippen molar-refractivity contribution in [1.82, 2.24) is 10.6 Å². The third-order valence-corrected chi connectivity index (χ3v) is 10.4. The smallest absolute Gasteiger partial charge is 0.328 e. The largest absolute Gasteiger partial charge is 0.618 e. The highest BCUT2D eigenvalue weighted by Crippen LogP contribution is 2.43. The number of hydrogen-bond acceptors (Lipinski definition) is 8. The molecular weight excluding hydrogens is 691 g/mol. The van der Waals surface area contributed by atoms with Crippen molar-refractivity contribution >= 4 is 23.8 Å². The van der Waals surface area contributed by atoms with Crippen LogP contribution in [0.25, 0.3) is 11.1 Å². The van der Waals surface area contributed by atoms with Gasteiger partial charge in [-0.25, -0.2) is 9.59 Å². The van der Waals surface area contributed by atoms with E-state index in [0.29, 0.717) is 17.2 Å². The molecule has 0 bridgehead atoms. The van der Waals surface area contributed by atoms with Crippen molar-refractivity contribution < 1.29 is 33.6 Å². The lowest BCUT2D eigenvalue weighted by molar-refractivity contribution is -0.645. The average molecular weight is 734 g/mol. The van der Waals surface area contributed by atoms with Gasteiger partial charge in [0.1, 0.15) is 6.04 Å². The van der Waals surface area contributed by atoms with E-state index in [-0.39, 0.29) is 31.3 Å². The lowest BCUT2D eigenvalue weighted by atomic mass is 9.91. The molecule has 4 aromatic carbocycles. The van der Waals surface area contributed by atoms with Gasteiger partial charge in [0.05, 0.1) is 25.9 Å². The number of pyridine rings is 1. The Morgan fingerprint density at radius 2 is 1.57 bits per heavy atom. The van der Waals surface area contributed by atoms with Gasteiger partial charge in [0.2, 0.25) is 0 Å². The molecule has 0 radical (unpaired) electrons. The highest BCUT2D eigenvalue weighted by molar-refractivity contribution is 7.99. The van der Waals surface area contributed by atoms with Gasteiger partial charge < -0.3 is 35.2 Å². The van der Waals surface area contributed by atoms with Crippen LogP contribution in [-0.2, 0) is 38.6 Å². The molecule has 0 spiro atoms. The van der Waals surface area contributed by atoms with E-state index >= 15 is 0 Å². The van der Waals surface area contributed by atoms with Crippen LogP contribution in [0.15, 0.2) is 133 Å². The maximum atomic E-state index is 12.8. The summed E-state index contributed by atoms with van der Waals surface area (Å²) in [6, 6.07) is 37.2. The number of methoxy groups -OCH3 is 1. The van der Waals surface area contributed by atoms with E-state index in [9.17, 15) is 19.9 Å². The Labute approximate surface area is 313 Å². The zero-order chi connectivity index (χ0) is 37.2. The second kappa shape index (κ2) is 18.0. The first-order chi connectivity index (χ1) is 25.8. The summed E-state index contributed by atoms with van der Waals surface area (Å²) in [5.74, 6) is 0.0282. The van der Waals surface area contributed by atoms with Crippen LogP contribution in [0, 0.1) is 11.1 Å². The molecule has 10 nitrogen and oxygen atoms in total. The number of nitrogens with zero attached hydrogens (tertiary/aromatic N) is 1. The van der Waals surface area contributed by atoms with Gasteiger partial charge in [-0.15, -0.1) is 0 Å². The van der Waals surface area contributed by atoms with Crippen molar-refractivity contribution in [2.24, 2.45) is 5.92 Å². The Balaban J connectivity index is 1.12. The lowest BCUT2D eigenvalue weighted by Crippen LogP contribution is -2.47. The Hall–Kier alpha value is -5.20. The van der Waals surface area contributed by atoms with E-state index in [4.69, 9.17) is 14.2 Å². The van der Waals surface area contributed by atoms with Crippen LogP contribution in [0.3, 0.4) is 0 Å². The summed E-state index contributed by atoms with van der Waals surface area (Å²) < 4.78 is 19.0. The highest BCUT2D eigenvalue weighted by atomic mass is 32.2. The van der Waals surface area contributed by atoms with Gasteiger partial charge in [0.25, 0.3) is 5.03 Å². The number of aliphatic hydroxyl groups excluding tert-OH is 1. The number of thioether (sulfide) groups is 1. The molecule has 53 heavy (non-hydrogen) atoms. The Kier molecular flexibility index (Phi) is 12.8. The molecule has 2 heterocycles. The van der Waals surface area contributed by atoms with Crippen LogP contribution < -0.4 is 15.4 Å². The van der Waals surface area contributed by atoms with Crippen molar-refractivity contribution in [2.75, 3.05) is 12.9 Å². The first kappa shape index (κ1) is 37.6. The minimum atomic E-state index is -0.822. The number of nitrogens with one attached hydrogen (secondary N) is 2. The molecule has 274 valence electrons. The molecular formula is C42H43N3O7S. The predicted molar refractivity (Wildman–Crippen MR) is 202 cm³/mol. The fourth-order valence-electron chi connectivity index (χ4n) is 6.27. The number of carbonyl (C=O) groups is 2. The Morgan fingerprint density at radius 1 is 0.849 bits per heavy atom. The zero-order valence-electron chi connectivity index (χ0n) is 29.6. The standard InChI is InChI=1S/C42H43N3O7S/c1-28-37(27-53-38-13-6-7-22-45(38)49)51-41(52-39(28)33-16-14-30(26-46)15-17-33)34-20-18-32(19-21-34)35-12-8-11-31(23-35)25-43-42(48)44-36(40(47)50-2)24-29-9-4-3-5-10-29/h3-23,28,36-37,39,41,46H,24-27H2,1-2H3,(H2,43,44,48)/t28-,36-,37+,39+,41+/m0/s1. The van der Waals surface area contributed by atoms with Crippen LogP contribution in [0.2, 0.25) is 0 Å². The van der Waals surface area contributed by atoms with Crippen LogP contribution in [0.4, 0.5) is 4.79 Å². The number of rotatable bonds is 13. The monoisotopic (exact) mass is 733 g/mol. The molecule has 1 aromatic heterocycles. The summed E-state index contributed by atoms with van der Waals surface area (Å²) in [7, 11) is 1.30. The van der Waals surface area contributed by atoms with Gasteiger partial charge in [-0.2, -0.15) is 4.73 Å². The van der Waals surface area contributed by atoms with E-state index in [1.54, 1.807) is 12.1 Å². The first-order valence-corrected chi connectivity index (χ1v) is 18.5. The number of aromatic nitrogens is 1. The molecule has 1 fully saturated rings. The normalized spacial score (nSPS) is 18.8. The Morgan fingerprint density at radius 3 is 2.28 bits per heavy atom. The van der Waals surface area contributed by atoms with E-state index in [1.807, 2.05) is 109 Å². The number of benzene rings is 4. The highest BCUT2D eigenvalue weighted by Gasteiger charge is 2.38. The zero-order valence-corrected chi connectivity index (χ0v) is 30.4. The summed E-state index contributed by atoms with van der Waals surface area (Å²) >= 11 is 1.46. The average Bonchev–Trinajstić information content (AvgIpc) is 3.20. The van der Waals surface area contributed by atoms with Crippen LogP contribution in [0.1, 0.15) is 47.1 Å². The van der Waals surface area contributed by atoms with Crippen molar-refractivity contribution in [2.45, 2.75) is 56.1 Å². The van der Waals surface area contributed by atoms with Crippen LogP contribution in [-0.4, -0.2) is 42.1 Å². The number of ether oxygens (including phenoxy) is 3. The molecule has 3 N–H and O–H groups in total. The van der Waals surface area contributed by atoms with Crippen LogP contribution in [0.5, 0.6) is 0 Å². The van der Waals surface area contributed by atoms with Gasteiger partial charge in [-0.3, -0.25) is 0 Å². The van der Waals surface area contributed by atoms with Crippen molar-refractivity contribution in [3.05, 3.63) is 161 Å². The molecule has 5 aromatic rings. The maximum Gasteiger partial charge on any atom is 0.328 e. The third kappa shape index (κ3) is 9.82. The van der Waals surface area contributed by atoms with E-state index in [1.165, 1.54) is 25.1 Å². The third-order valence-electron chi connectivity index (χ3n) is 9.28. The van der Waals surface area contributed by atoms with Crippen LogP contribution >= 0.6 is 11.8 Å². The molecule has 6 rings (SSSR count). The number of carbonyl (C=O) groups excluding carboxylic acids is 2. The van der Waals surface area contributed by atoms with Crippen molar-refractivity contribution in [3.8, 4) is 11.1 Å². The summed E-state index contributed by atoms with van der Waals surface area (Å²) in [5, 5.41) is 28.1. The summed E-state index contributed by atoms with van der Waals surface area (Å²) in [5.41, 5.74) is 6.42. The minimum Gasteiger partial charge on any atom is -0.618 e. The van der Waals surface area contributed by atoms with Gasteiger partial charge in [0, 0.05) is 42.3 Å². The summed E-state index contributed by atoms with van der Waals surface area (Å²) in [6.45, 7) is 2.32.